The monoisotopic (exact) mass is 496 g/mol. The van der Waals surface area contributed by atoms with E-state index in [-0.39, 0.29) is 5.49 Å². The normalized spacial score (nSPS) is 9.92. The fraction of sp³-hybridized carbons (Fsp3) is 0.182. The van der Waals surface area contributed by atoms with Gasteiger partial charge in [-0.15, -0.1) is 81.2 Å². The molecule has 24 heavy (non-hydrogen) atoms. The maximum Gasteiger partial charge on any atom is -0.0579 e. The van der Waals surface area contributed by atoms with E-state index in [9.17, 15) is 0 Å². The van der Waals surface area contributed by atoms with Gasteiger partial charge in [0.05, 0.1) is 0 Å². The minimum absolute atomic E-state index is 0.259. The number of hydrogen-bond acceptors (Lipinski definition) is 0. The Morgan fingerprint density at radius 3 is 1.38 bits per heavy atom. The Bertz CT molecular complexity index is 785. The second-order valence-electron chi connectivity index (χ2n) is 6.32. The van der Waals surface area contributed by atoms with Gasteiger partial charge in [0.2, 0.25) is 0 Å². The van der Waals surface area contributed by atoms with Gasteiger partial charge in [0.25, 0.3) is 0 Å². The Morgan fingerprint density at radius 1 is 0.708 bits per heavy atom. The Morgan fingerprint density at radius 2 is 1.04 bits per heavy atom. The largest absolute Gasteiger partial charge is 0.165 e. The van der Waals surface area contributed by atoms with Gasteiger partial charge in [-0.25, -0.2) is 0 Å². The van der Waals surface area contributed by atoms with Gasteiger partial charge < -0.3 is 0 Å². The quantitative estimate of drug-likeness (QED) is 0.193. The molecule has 0 aliphatic carbocycles. The second-order valence-corrected chi connectivity index (χ2v) is 19.1. The van der Waals surface area contributed by atoms with Crippen molar-refractivity contribution in [3.8, 4) is 0 Å². The predicted octanol–water partition coefficient (Wildman–Crippen LogP) is 6.52. The molecule has 0 aliphatic rings. The molecule has 0 nitrogen and oxygen atoms in total. The molecule has 0 fully saturated rings. The van der Waals surface area contributed by atoms with Crippen molar-refractivity contribution >= 4 is 27.0 Å². The molecule has 0 N–H and O–H groups in total. The van der Waals surface area contributed by atoms with Crippen molar-refractivity contribution in [3.63, 3.8) is 0 Å². The number of rotatable bonds is 0. The zero-order valence-corrected chi connectivity index (χ0v) is 19.5. The van der Waals surface area contributed by atoms with Gasteiger partial charge in [0.1, 0.15) is 0 Å². The van der Waals surface area contributed by atoms with Crippen molar-refractivity contribution in [2.75, 3.05) is 0 Å². The summed E-state index contributed by atoms with van der Waals surface area (Å²) in [5.74, 6) is 0. The van der Waals surface area contributed by atoms with Crippen molar-refractivity contribution in [1.82, 2.24) is 0 Å². The molecule has 0 saturated heterocycles. The average molecular weight is 495 g/mol. The van der Waals surface area contributed by atoms with Crippen LogP contribution in [0.15, 0.2) is 72.8 Å². The molecule has 0 bridgehead atoms. The molecule has 0 spiro atoms. The van der Waals surface area contributed by atoms with Gasteiger partial charge >= 0.3 is 41.6 Å². The van der Waals surface area contributed by atoms with Crippen LogP contribution in [0, 0.1) is 13.8 Å². The van der Waals surface area contributed by atoms with Crippen LogP contribution in [0.3, 0.4) is 0 Å². The first kappa shape index (κ1) is 19.1. The summed E-state index contributed by atoms with van der Waals surface area (Å²) in [6, 6.07) is 25.7. The summed E-state index contributed by atoms with van der Waals surface area (Å²) in [5.41, 5.74) is 2.96. The molecule has 0 saturated carbocycles. The van der Waals surface area contributed by atoms with Crippen molar-refractivity contribution in [2.24, 2.45) is 0 Å². The molecule has 120 valence electrons. The molecule has 0 aliphatic heterocycles. The van der Waals surface area contributed by atoms with Crippen LogP contribution in [0.25, 0.3) is 21.5 Å². The summed E-state index contributed by atoms with van der Waals surface area (Å²) in [7, 11) is 0. The Kier molecular flexibility index (Phi) is 7.38. The molecule has 2 heteroatoms. The van der Waals surface area contributed by atoms with E-state index >= 15 is 0 Å². The third-order valence-electron chi connectivity index (χ3n) is 3.52. The van der Waals surface area contributed by atoms with E-state index in [0.717, 1.165) is 0 Å². The first-order valence-electron chi connectivity index (χ1n) is 8.21. The maximum atomic E-state index is 2.33. The van der Waals surface area contributed by atoms with Gasteiger partial charge in [-0.1, -0.05) is 26.0 Å². The van der Waals surface area contributed by atoms with Crippen molar-refractivity contribution in [3.05, 3.63) is 83.9 Å². The Balaban J connectivity index is 0.000000143. The standard InChI is InChI=1S/2C10H9.C2H6Si.Hf/c2*1-8-6-9-4-2-3-5-10(9)7-8;1-3-2;/h2*2-7H,1H3;1-2H3;/q2*-1;;+2. The van der Waals surface area contributed by atoms with E-state index in [4.69, 9.17) is 0 Å². The minimum atomic E-state index is 0.259. The Labute approximate surface area is 160 Å². The van der Waals surface area contributed by atoms with Crippen LogP contribution in [0.4, 0.5) is 0 Å². The minimum Gasteiger partial charge on any atom is -0.165 e. The predicted molar refractivity (Wildman–Crippen MR) is 106 cm³/mol. The van der Waals surface area contributed by atoms with Crippen LogP contribution in [0.2, 0.25) is 13.1 Å². The maximum absolute atomic E-state index is 2.33. The van der Waals surface area contributed by atoms with E-state index in [1.165, 1.54) is 55.7 Å². The fourth-order valence-corrected chi connectivity index (χ4v) is 2.61. The summed E-state index contributed by atoms with van der Waals surface area (Å²) in [6.07, 6.45) is 0. The van der Waals surface area contributed by atoms with Crippen molar-refractivity contribution < 1.29 is 23.0 Å². The molecule has 0 radical (unpaired) electrons. The number of fused-ring (bicyclic) bond motifs is 2. The summed E-state index contributed by atoms with van der Waals surface area (Å²) >= 11 is 1.45. The first-order chi connectivity index (χ1) is 11.5. The van der Waals surface area contributed by atoms with Crippen LogP contribution in [-0.2, 0) is 23.0 Å². The van der Waals surface area contributed by atoms with Gasteiger partial charge in [-0.2, -0.15) is 12.1 Å². The first-order valence-corrected chi connectivity index (χ1v) is 16.1. The molecule has 0 aromatic heterocycles. The van der Waals surface area contributed by atoms with Crippen LogP contribution in [0.5, 0.6) is 0 Å². The van der Waals surface area contributed by atoms with E-state index < -0.39 is 0 Å². The molecule has 0 heterocycles. The summed E-state index contributed by atoms with van der Waals surface area (Å²) in [6.45, 7) is 8.91. The van der Waals surface area contributed by atoms with E-state index in [0.29, 0.717) is 0 Å². The van der Waals surface area contributed by atoms with Crippen LogP contribution < -0.4 is 0 Å². The van der Waals surface area contributed by atoms with Gasteiger partial charge in [0.15, 0.2) is 0 Å². The smallest absolute Gasteiger partial charge is 0.0579 e. The van der Waals surface area contributed by atoms with E-state index in [2.05, 4.69) is 99.7 Å². The second kappa shape index (κ2) is 9.29. The van der Waals surface area contributed by atoms with E-state index in [1.54, 1.807) is 0 Å². The number of benzene rings is 2. The van der Waals surface area contributed by atoms with Crippen molar-refractivity contribution in [1.29, 1.82) is 0 Å². The zero-order valence-electron chi connectivity index (χ0n) is 14.9. The van der Waals surface area contributed by atoms with Crippen LogP contribution in [-0.4, -0.2) is 5.49 Å². The SMILES string of the molecule is C[Si](C)=[Hf+2].Cc1cc2ccccc2[cH-]1.Cc1cc2ccccc2[cH-]1. The average Bonchev–Trinajstić information content (AvgIpc) is 3.07. The topological polar surface area (TPSA) is 0 Å². The number of hydrogen-bond donors (Lipinski definition) is 0. The molecule has 0 amide bonds. The summed E-state index contributed by atoms with van der Waals surface area (Å²) in [4.78, 5) is 0. The van der Waals surface area contributed by atoms with Gasteiger partial charge in [-0.05, 0) is 0 Å². The fourth-order valence-electron chi connectivity index (χ4n) is 2.61. The summed E-state index contributed by atoms with van der Waals surface area (Å²) < 4.78 is 0. The van der Waals surface area contributed by atoms with Crippen molar-refractivity contribution in [2.45, 2.75) is 26.9 Å². The molecule has 4 aromatic carbocycles. The molecule has 0 atom stereocenters. The van der Waals surface area contributed by atoms with Crippen LogP contribution >= 0.6 is 0 Å². The van der Waals surface area contributed by atoms with Gasteiger partial charge in [0, 0.05) is 0 Å². The Hall–Kier alpha value is -1.25. The van der Waals surface area contributed by atoms with E-state index in [1.807, 2.05) is 0 Å². The van der Waals surface area contributed by atoms with Crippen LogP contribution in [0.1, 0.15) is 11.1 Å². The number of aryl methyl sites for hydroxylation is 2. The molecule has 4 aromatic rings. The zero-order chi connectivity index (χ0) is 17.5. The third-order valence-corrected chi connectivity index (χ3v) is 3.52. The van der Waals surface area contributed by atoms with Gasteiger partial charge in [-0.3, -0.25) is 0 Å². The molecular weight excluding hydrogens is 471 g/mol. The molecule has 0 unspecified atom stereocenters. The summed E-state index contributed by atoms with van der Waals surface area (Å²) in [5, 5.41) is 5.39. The molecule has 4 rings (SSSR count). The third kappa shape index (κ3) is 5.99. The molecular formula is C22H24HfSi.